The predicted octanol–water partition coefficient (Wildman–Crippen LogP) is 1.61. The van der Waals surface area contributed by atoms with Gasteiger partial charge < -0.3 is 14.7 Å². The van der Waals surface area contributed by atoms with E-state index in [2.05, 4.69) is 0 Å². The summed E-state index contributed by atoms with van der Waals surface area (Å²) < 4.78 is 30.0. The Morgan fingerprint density at radius 1 is 1.40 bits per heavy atom. The van der Waals surface area contributed by atoms with Crippen LogP contribution in [-0.2, 0) is 14.3 Å². The van der Waals surface area contributed by atoms with Gasteiger partial charge in [0.2, 0.25) is 5.91 Å². The molecule has 1 saturated heterocycles. The minimum atomic E-state index is -2.60. The number of likely N-dealkylation sites (N-methyl/N-ethyl adjacent to an activating group) is 1. The minimum absolute atomic E-state index is 0.161. The first-order chi connectivity index (χ1) is 9.41. The summed E-state index contributed by atoms with van der Waals surface area (Å²) in [5.74, 6) is -1.56. The summed E-state index contributed by atoms with van der Waals surface area (Å²) in [6, 6.07) is 4.37. The van der Waals surface area contributed by atoms with Gasteiger partial charge in [0.15, 0.2) is 6.10 Å². The largest absolute Gasteiger partial charge is 0.479 e. The van der Waals surface area contributed by atoms with Gasteiger partial charge in [-0.05, 0) is 5.56 Å². The molecular formula is C13H13F2NO4. The summed E-state index contributed by atoms with van der Waals surface area (Å²) in [6.45, 7) is -0.306. The first-order valence-electron chi connectivity index (χ1n) is 5.90. The lowest BCUT2D eigenvalue weighted by Gasteiger charge is -2.37. The lowest BCUT2D eigenvalue weighted by Crippen LogP contribution is -2.50. The molecule has 108 valence electrons. The summed E-state index contributed by atoms with van der Waals surface area (Å²) in [4.78, 5) is 24.1. The zero-order valence-electron chi connectivity index (χ0n) is 10.6. The molecule has 2 unspecified atom stereocenters. The van der Waals surface area contributed by atoms with Crippen LogP contribution in [0.5, 0.6) is 0 Å². The molecule has 0 saturated carbocycles. The van der Waals surface area contributed by atoms with Crippen molar-refractivity contribution in [2.45, 2.75) is 18.6 Å². The van der Waals surface area contributed by atoms with Gasteiger partial charge in [0.05, 0.1) is 6.04 Å². The van der Waals surface area contributed by atoms with Crippen LogP contribution in [0.25, 0.3) is 0 Å². The van der Waals surface area contributed by atoms with E-state index in [9.17, 15) is 18.4 Å². The number of carboxylic acid groups (broad SMARTS) is 1. The van der Waals surface area contributed by atoms with Crippen LogP contribution in [0.15, 0.2) is 24.3 Å². The number of ether oxygens (including phenoxy) is 1. The Labute approximate surface area is 113 Å². The Balaban J connectivity index is 2.34. The number of halogens is 2. The molecule has 0 radical (unpaired) electrons. The fraction of sp³-hybridized carbons (Fsp3) is 0.385. The van der Waals surface area contributed by atoms with Crippen LogP contribution in [0, 0.1) is 0 Å². The maximum Gasteiger partial charge on any atom is 0.335 e. The van der Waals surface area contributed by atoms with Crippen molar-refractivity contribution in [3.63, 3.8) is 0 Å². The molecule has 5 nitrogen and oxygen atoms in total. The number of carbonyl (C=O) groups excluding carboxylic acids is 1. The number of aliphatic carboxylic acids is 1. The highest BCUT2D eigenvalue weighted by molar-refractivity contribution is 5.82. The van der Waals surface area contributed by atoms with Gasteiger partial charge in [-0.25, -0.2) is 13.6 Å². The number of alkyl halides is 2. The molecule has 0 aliphatic carbocycles. The van der Waals surface area contributed by atoms with E-state index >= 15 is 0 Å². The lowest BCUT2D eigenvalue weighted by atomic mass is 9.97. The fourth-order valence-corrected chi connectivity index (χ4v) is 2.16. The number of hydrogen-bond acceptors (Lipinski definition) is 3. The molecule has 2 atom stereocenters. The molecule has 0 bridgehead atoms. The SMILES string of the molecule is CN1C(=O)COC(C(=O)O)C1c1ccc(C(F)F)cc1. The fourth-order valence-electron chi connectivity index (χ4n) is 2.16. The standard InChI is InChI=1S/C13H13F2NO4/c1-16-9(17)6-20-11(13(18)19)10(16)7-2-4-8(5-3-7)12(14)15/h2-5,10-12H,6H2,1H3,(H,18,19). The molecule has 20 heavy (non-hydrogen) atoms. The molecule has 1 aromatic rings. The zero-order valence-corrected chi connectivity index (χ0v) is 10.6. The van der Waals surface area contributed by atoms with Gasteiger partial charge >= 0.3 is 5.97 Å². The summed E-state index contributed by atoms with van der Waals surface area (Å²) in [5.41, 5.74) is 0.281. The van der Waals surface area contributed by atoms with Crippen molar-refractivity contribution in [3.05, 3.63) is 35.4 Å². The smallest absolute Gasteiger partial charge is 0.335 e. The van der Waals surface area contributed by atoms with Crippen LogP contribution in [0.3, 0.4) is 0 Å². The van der Waals surface area contributed by atoms with Gasteiger partial charge in [-0.3, -0.25) is 4.79 Å². The monoisotopic (exact) mass is 285 g/mol. The number of hydrogen-bond donors (Lipinski definition) is 1. The number of morpholine rings is 1. The topological polar surface area (TPSA) is 66.8 Å². The Morgan fingerprint density at radius 2 is 2.00 bits per heavy atom. The van der Waals surface area contributed by atoms with E-state index in [0.717, 1.165) is 0 Å². The molecule has 1 heterocycles. The second kappa shape index (κ2) is 5.54. The molecule has 0 aromatic heterocycles. The summed E-state index contributed by atoms with van der Waals surface area (Å²) in [5, 5.41) is 9.13. The third-order valence-corrected chi connectivity index (χ3v) is 3.26. The summed E-state index contributed by atoms with van der Waals surface area (Å²) in [7, 11) is 1.46. The van der Waals surface area contributed by atoms with Crippen molar-refractivity contribution >= 4 is 11.9 Å². The van der Waals surface area contributed by atoms with Gasteiger partial charge in [-0.15, -0.1) is 0 Å². The molecule has 2 rings (SSSR count). The molecule has 1 amide bonds. The molecule has 1 aliphatic rings. The third-order valence-electron chi connectivity index (χ3n) is 3.26. The lowest BCUT2D eigenvalue weighted by molar-refractivity contribution is -0.171. The van der Waals surface area contributed by atoms with E-state index in [-0.39, 0.29) is 18.1 Å². The van der Waals surface area contributed by atoms with Crippen molar-refractivity contribution in [2.75, 3.05) is 13.7 Å². The van der Waals surface area contributed by atoms with Crippen LogP contribution < -0.4 is 0 Å². The molecular weight excluding hydrogens is 272 g/mol. The maximum absolute atomic E-state index is 12.5. The summed E-state index contributed by atoms with van der Waals surface area (Å²) in [6.07, 6.45) is -3.81. The zero-order chi connectivity index (χ0) is 14.9. The molecule has 1 aliphatic heterocycles. The van der Waals surface area contributed by atoms with Gasteiger partial charge in [-0.2, -0.15) is 0 Å². The van der Waals surface area contributed by atoms with Crippen LogP contribution in [0.2, 0.25) is 0 Å². The van der Waals surface area contributed by atoms with Gasteiger partial charge in [-0.1, -0.05) is 24.3 Å². The van der Waals surface area contributed by atoms with Crippen molar-refractivity contribution in [1.29, 1.82) is 0 Å². The Kier molecular flexibility index (Phi) is 3.99. The first kappa shape index (κ1) is 14.4. The van der Waals surface area contributed by atoms with E-state index < -0.39 is 24.5 Å². The molecule has 0 spiro atoms. The second-order valence-corrected chi connectivity index (χ2v) is 4.49. The average Bonchev–Trinajstić information content (AvgIpc) is 2.41. The average molecular weight is 285 g/mol. The maximum atomic E-state index is 12.5. The third kappa shape index (κ3) is 2.62. The molecule has 7 heteroatoms. The van der Waals surface area contributed by atoms with Crippen LogP contribution >= 0.6 is 0 Å². The van der Waals surface area contributed by atoms with Gasteiger partial charge in [0, 0.05) is 12.6 Å². The Morgan fingerprint density at radius 3 is 2.50 bits per heavy atom. The van der Waals surface area contributed by atoms with Gasteiger partial charge in [0.25, 0.3) is 6.43 Å². The van der Waals surface area contributed by atoms with Crippen molar-refractivity contribution < 1.29 is 28.2 Å². The highest BCUT2D eigenvalue weighted by Crippen LogP contribution is 2.30. The number of rotatable bonds is 3. The minimum Gasteiger partial charge on any atom is -0.479 e. The molecule has 1 aromatic carbocycles. The summed E-state index contributed by atoms with van der Waals surface area (Å²) >= 11 is 0. The Hall–Kier alpha value is -2.02. The molecule has 1 N–H and O–H groups in total. The normalized spacial score (nSPS) is 23.2. The molecule has 1 fully saturated rings. The van der Waals surface area contributed by atoms with Crippen LogP contribution in [0.4, 0.5) is 8.78 Å². The number of carboxylic acids is 1. The Bertz CT molecular complexity index is 518. The van der Waals surface area contributed by atoms with Crippen LogP contribution in [-0.4, -0.2) is 41.6 Å². The van der Waals surface area contributed by atoms with Gasteiger partial charge in [0.1, 0.15) is 6.61 Å². The quantitative estimate of drug-likeness (QED) is 0.916. The van der Waals surface area contributed by atoms with Crippen molar-refractivity contribution in [1.82, 2.24) is 4.90 Å². The van der Waals surface area contributed by atoms with Crippen molar-refractivity contribution in [2.24, 2.45) is 0 Å². The van der Waals surface area contributed by atoms with Crippen molar-refractivity contribution in [3.8, 4) is 0 Å². The highest BCUT2D eigenvalue weighted by atomic mass is 19.3. The predicted molar refractivity (Wildman–Crippen MR) is 64.3 cm³/mol. The van der Waals surface area contributed by atoms with E-state index in [1.54, 1.807) is 0 Å². The highest BCUT2D eigenvalue weighted by Gasteiger charge is 2.40. The number of nitrogens with zero attached hydrogens (tertiary/aromatic N) is 1. The number of benzene rings is 1. The first-order valence-corrected chi connectivity index (χ1v) is 5.90. The van der Waals surface area contributed by atoms with E-state index in [1.807, 2.05) is 0 Å². The van der Waals surface area contributed by atoms with E-state index in [4.69, 9.17) is 9.84 Å². The van der Waals surface area contributed by atoms with Crippen LogP contribution in [0.1, 0.15) is 23.6 Å². The second-order valence-electron chi connectivity index (χ2n) is 4.49. The van der Waals surface area contributed by atoms with E-state index in [0.29, 0.717) is 5.56 Å². The number of carbonyl (C=O) groups is 2. The number of amides is 1. The van der Waals surface area contributed by atoms with E-state index in [1.165, 1.54) is 36.2 Å².